The highest BCUT2D eigenvalue weighted by atomic mass is 32.1. The van der Waals surface area contributed by atoms with Crippen molar-refractivity contribution in [1.29, 1.82) is 0 Å². The van der Waals surface area contributed by atoms with E-state index in [1.54, 1.807) is 0 Å². The van der Waals surface area contributed by atoms with Gasteiger partial charge in [0.05, 0.1) is 11.7 Å². The van der Waals surface area contributed by atoms with Crippen molar-refractivity contribution in [3.8, 4) is 0 Å². The summed E-state index contributed by atoms with van der Waals surface area (Å²) in [6.07, 6.45) is 13.0. The monoisotopic (exact) mass is 346 g/mol. The van der Waals surface area contributed by atoms with Gasteiger partial charge >= 0.3 is 0 Å². The molecule has 3 unspecified atom stereocenters. The second kappa shape index (κ2) is 14.6. The highest BCUT2D eigenvalue weighted by molar-refractivity contribution is 7.80. The average molecular weight is 347 g/mol. The first-order valence-electron chi connectivity index (χ1n) is 10.0. The minimum Gasteiger partial charge on any atom is -0.390 e. The van der Waals surface area contributed by atoms with Gasteiger partial charge in [0.25, 0.3) is 0 Å². The molecule has 0 aliphatic heterocycles. The van der Waals surface area contributed by atoms with E-state index < -0.39 is 11.7 Å². The maximum atomic E-state index is 11.1. The molecule has 2 nitrogen and oxygen atoms in total. The van der Waals surface area contributed by atoms with E-state index in [1.807, 2.05) is 0 Å². The second-order valence-electron chi connectivity index (χ2n) is 7.45. The minimum atomic E-state index is -0.893. The summed E-state index contributed by atoms with van der Waals surface area (Å²) in [5.74, 6) is 1.35. The highest BCUT2D eigenvalue weighted by Gasteiger charge is 2.35. The van der Waals surface area contributed by atoms with Crippen LogP contribution in [0, 0.1) is 5.92 Å². The standard InChI is InChI=1S/C20H42O2S/c1-4-6-8-10-14-19(21)20(22,15-11-9-7-5-2)17-18(3)13-12-16-23/h18-19,21-23H,4-17H2,1-3H3. The van der Waals surface area contributed by atoms with Gasteiger partial charge in [-0.25, -0.2) is 0 Å². The molecule has 3 atom stereocenters. The summed E-state index contributed by atoms with van der Waals surface area (Å²) in [6.45, 7) is 6.60. The summed E-state index contributed by atoms with van der Waals surface area (Å²) in [5.41, 5.74) is -0.893. The van der Waals surface area contributed by atoms with Crippen molar-refractivity contribution in [3.63, 3.8) is 0 Å². The average Bonchev–Trinajstić information content (AvgIpc) is 2.53. The summed E-state index contributed by atoms with van der Waals surface area (Å²) in [7, 11) is 0. The number of aliphatic hydroxyl groups is 2. The number of rotatable bonds is 16. The van der Waals surface area contributed by atoms with E-state index in [4.69, 9.17) is 0 Å². The van der Waals surface area contributed by atoms with Crippen LogP contribution in [0.4, 0.5) is 0 Å². The predicted molar refractivity (Wildman–Crippen MR) is 105 cm³/mol. The molecule has 0 bridgehead atoms. The minimum absolute atomic E-state index is 0.448. The molecule has 0 amide bonds. The van der Waals surface area contributed by atoms with Crippen molar-refractivity contribution in [1.82, 2.24) is 0 Å². The first kappa shape index (κ1) is 23.3. The van der Waals surface area contributed by atoms with Crippen molar-refractivity contribution in [2.75, 3.05) is 5.75 Å². The lowest BCUT2D eigenvalue weighted by Gasteiger charge is -2.36. The van der Waals surface area contributed by atoms with Crippen LogP contribution < -0.4 is 0 Å². The maximum Gasteiger partial charge on any atom is 0.0908 e. The predicted octanol–water partition coefficient (Wildman–Crippen LogP) is 5.76. The van der Waals surface area contributed by atoms with Crippen LogP contribution in [0.15, 0.2) is 0 Å². The van der Waals surface area contributed by atoms with E-state index >= 15 is 0 Å². The lowest BCUT2D eigenvalue weighted by atomic mass is 9.79. The number of hydrogen-bond acceptors (Lipinski definition) is 3. The van der Waals surface area contributed by atoms with Crippen LogP contribution in [-0.2, 0) is 0 Å². The first-order valence-corrected chi connectivity index (χ1v) is 10.6. The molecule has 0 saturated carbocycles. The van der Waals surface area contributed by atoms with Crippen LogP contribution in [0.2, 0.25) is 0 Å². The van der Waals surface area contributed by atoms with Crippen molar-refractivity contribution >= 4 is 12.6 Å². The molecule has 2 N–H and O–H groups in total. The van der Waals surface area contributed by atoms with Crippen LogP contribution >= 0.6 is 12.6 Å². The van der Waals surface area contributed by atoms with Crippen LogP contribution in [0.3, 0.4) is 0 Å². The highest BCUT2D eigenvalue weighted by Crippen LogP contribution is 2.31. The summed E-state index contributed by atoms with van der Waals surface area (Å²) >= 11 is 4.28. The first-order chi connectivity index (χ1) is 11.0. The van der Waals surface area contributed by atoms with Crippen LogP contribution in [0.5, 0.6) is 0 Å². The summed E-state index contributed by atoms with van der Waals surface area (Å²) < 4.78 is 0. The Bertz CT molecular complexity index is 260. The molecule has 0 aliphatic carbocycles. The van der Waals surface area contributed by atoms with Gasteiger partial charge in [0.2, 0.25) is 0 Å². The van der Waals surface area contributed by atoms with E-state index in [-0.39, 0.29) is 0 Å². The fourth-order valence-electron chi connectivity index (χ4n) is 3.44. The maximum absolute atomic E-state index is 11.1. The van der Waals surface area contributed by atoms with Crippen molar-refractivity contribution in [3.05, 3.63) is 0 Å². The molecule has 0 aromatic rings. The number of aliphatic hydroxyl groups excluding tert-OH is 1. The van der Waals surface area contributed by atoms with Crippen LogP contribution in [0.1, 0.15) is 104 Å². The topological polar surface area (TPSA) is 40.5 Å². The van der Waals surface area contributed by atoms with Gasteiger partial charge < -0.3 is 10.2 Å². The molecule has 0 aromatic carbocycles. The lowest BCUT2D eigenvalue weighted by molar-refractivity contribution is -0.0987. The molecule has 0 heterocycles. The SMILES string of the molecule is CCCCCCC(O)C(O)(CCCCCC)CC(C)CCCS. The Balaban J connectivity index is 4.48. The van der Waals surface area contributed by atoms with Gasteiger partial charge in [-0.15, -0.1) is 0 Å². The molecule has 3 heteroatoms. The Morgan fingerprint density at radius 2 is 1.48 bits per heavy atom. The molecule has 0 rings (SSSR count). The van der Waals surface area contributed by atoms with E-state index in [1.165, 1.54) is 25.7 Å². The number of hydrogen-bond donors (Lipinski definition) is 3. The Kier molecular flexibility index (Phi) is 14.8. The molecular formula is C20H42O2S. The third kappa shape index (κ3) is 11.4. The zero-order valence-electron chi connectivity index (χ0n) is 15.9. The molecule has 0 saturated heterocycles. The van der Waals surface area contributed by atoms with E-state index in [0.717, 1.165) is 63.5 Å². The quantitative estimate of drug-likeness (QED) is 0.246. The third-order valence-corrected chi connectivity index (χ3v) is 5.29. The molecule has 140 valence electrons. The molecule has 23 heavy (non-hydrogen) atoms. The van der Waals surface area contributed by atoms with Crippen molar-refractivity contribution in [2.45, 2.75) is 116 Å². The lowest BCUT2D eigenvalue weighted by Crippen LogP contribution is -2.43. The molecule has 0 radical (unpaired) electrons. The summed E-state index contributed by atoms with van der Waals surface area (Å²) in [5, 5.41) is 21.8. The van der Waals surface area contributed by atoms with Gasteiger partial charge in [-0.2, -0.15) is 12.6 Å². The van der Waals surface area contributed by atoms with Gasteiger partial charge in [0, 0.05) is 0 Å². The Morgan fingerprint density at radius 3 is 2.04 bits per heavy atom. The van der Waals surface area contributed by atoms with Gasteiger partial charge in [0.15, 0.2) is 0 Å². The van der Waals surface area contributed by atoms with E-state index in [2.05, 4.69) is 33.4 Å². The normalized spacial score (nSPS) is 17.0. The molecule has 0 aromatic heterocycles. The summed E-state index contributed by atoms with van der Waals surface area (Å²) in [4.78, 5) is 0. The molecule has 0 fully saturated rings. The Labute approximate surface area is 150 Å². The van der Waals surface area contributed by atoms with Crippen molar-refractivity contribution < 1.29 is 10.2 Å². The fraction of sp³-hybridized carbons (Fsp3) is 1.00. The smallest absolute Gasteiger partial charge is 0.0908 e. The fourth-order valence-corrected chi connectivity index (χ4v) is 3.62. The van der Waals surface area contributed by atoms with Crippen molar-refractivity contribution in [2.24, 2.45) is 5.92 Å². The molecule has 0 aliphatic rings. The Morgan fingerprint density at radius 1 is 0.870 bits per heavy atom. The van der Waals surface area contributed by atoms with Gasteiger partial charge in [0.1, 0.15) is 0 Å². The Hall–Kier alpha value is 0.270. The van der Waals surface area contributed by atoms with Crippen LogP contribution in [0.25, 0.3) is 0 Å². The zero-order chi connectivity index (χ0) is 17.6. The van der Waals surface area contributed by atoms with Gasteiger partial charge in [-0.3, -0.25) is 0 Å². The van der Waals surface area contributed by atoms with Gasteiger partial charge in [-0.1, -0.05) is 72.1 Å². The number of thiol groups is 1. The largest absolute Gasteiger partial charge is 0.390 e. The summed E-state index contributed by atoms with van der Waals surface area (Å²) in [6, 6.07) is 0. The molecule has 0 spiro atoms. The molecular weight excluding hydrogens is 304 g/mol. The van der Waals surface area contributed by atoms with Gasteiger partial charge in [-0.05, 0) is 43.8 Å². The van der Waals surface area contributed by atoms with Crippen LogP contribution in [-0.4, -0.2) is 27.7 Å². The zero-order valence-corrected chi connectivity index (χ0v) is 16.8. The number of unbranched alkanes of at least 4 members (excludes halogenated alkanes) is 6. The second-order valence-corrected chi connectivity index (χ2v) is 7.90. The van der Waals surface area contributed by atoms with E-state index in [0.29, 0.717) is 5.92 Å². The third-order valence-electron chi connectivity index (χ3n) is 4.97. The van der Waals surface area contributed by atoms with E-state index in [9.17, 15) is 10.2 Å².